The van der Waals surface area contributed by atoms with E-state index in [-0.39, 0.29) is 23.7 Å². The summed E-state index contributed by atoms with van der Waals surface area (Å²) < 4.78 is 45.1. The van der Waals surface area contributed by atoms with Gasteiger partial charge in [-0.05, 0) is 30.2 Å². The molecular weight excluding hydrogens is 345 g/mol. The molecule has 0 spiro atoms. The highest BCUT2D eigenvalue weighted by molar-refractivity contribution is 5.42. The van der Waals surface area contributed by atoms with Crippen molar-refractivity contribution in [3.63, 3.8) is 0 Å². The minimum Gasteiger partial charge on any atom is -0.434 e. The van der Waals surface area contributed by atoms with Gasteiger partial charge in [0, 0.05) is 5.56 Å². The number of benzene rings is 2. The zero-order valence-corrected chi connectivity index (χ0v) is 13.5. The van der Waals surface area contributed by atoms with Gasteiger partial charge in [0.2, 0.25) is 5.95 Å². The lowest BCUT2D eigenvalue weighted by Crippen LogP contribution is -2.28. The number of nitrogens with zero attached hydrogens (tertiary/aromatic N) is 3. The van der Waals surface area contributed by atoms with Crippen molar-refractivity contribution in [1.82, 2.24) is 14.8 Å². The standard InChI is InChI=1S/C18H15F3N4O/c19-12-7-5-11(6-8-12)14-9-15(25-18(24-14)22-10-23-25)13-3-1-2-4-16(13)26-17(20)21/h1-8,10,14-15,17H,9H2,(H,22,23,24)/t14-,15-/m0/s1. The van der Waals surface area contributed by atoms with E-state index in [1.54, 1.807) is 35.0 Å². The van der Waals surface area contributed by atoms with Crippen LogP contribution in [-0.4, -0.2) is 21.4 Å². The van der Waals surface area contributed by atoms with Crippen LogP contribution in [0.4, 0.5) is 19.1 Å². The summed E-state index contributed by atoms with van der Waals surface area (Å²) in [5, 5.41) is 7.47. The molecule has 8 heteroatoms. The molecule has 5 nitrogen and oxygen atoms in total. The molecule has 3 aromatic rings. The van der Waals surface area contributed by atoms with Crippen LogP contribution in [0.2, 0.25) is 0 Å². The fraction of sp³-hybridized carbons (Fsp3) is 0.222. The first-order chi connectivity index (χ1) is 12.6. The molecule has 2 atom stereocenters. The van der Waals surface area contributed by atoms with Crippen molar-refractivity contribution in [3.05, 3.63) is 71.8 Å². The highest BCUT2D eigenvalue weighted by Crippen LogP contribution is 2.40. The number of alkyl halides is 2. The number of aromatic nitrogens is 3. The van der Waals surface area contributed by atoms with E-state index in [2.05, 4.69) is 20.1 Å². The van der Waals surface area contributed by atoms with E-state index in [9.17, 15) is 13.2 Å². The molecular formula is C18H15F3N4O. The van der Waals surface area contributed by atoms with Crippen LogP contribution in [0.25, 0.3) is 0 Å². The van der Waals surface area contributed by atoms with Crippen molar-refractivity contribution in [3.8, 4) is 5.75 Å². The molecule has 134 valence electrons. The SMILES string of the molecule is Fc1ccc([C@@H]2C[C@@H](c3ccccc3OC(F)F)n3ncnc3N2)cc1. The van der Waals surface area contributed by atoms with E-state index in [0.29, 0.717) is 17.9 Å². The highest BCUT2D eigenvalue weighted by atomic mass is 19.3. The molecule has 0 aliphatic carbocycles. The Morgan fingerprint density at radius 1 is 1.12 bits per heavy atom. The number of hydrogen-bond acceptors (Lipinski definition) is 4. The number of nitrogens with one attached hydrogen (secondary N) is 1. The first kappa shape index (κ1) is 16.4. The van der Waals surface area contributed by atoms with Gasteiger partial charge in [0.15, 0.2) is 0 Å². The molecule has 0 bridgehead atoms. The first-order valence-electron chi connectivity index (χ1n) is 8.07. The molecule has 4 rings (SSSR count). The lowest BCUT2D eigenvalue weighted by Gasteiger charge is -2.32. The maximum Gasteiger partial charge on any atom is 0.387 e. The second-order valence-corrected chi connectivity index (χ2v) is 5.94. The summed E-state index contributed by atoms with van der Waals surface area (Å²) in [6, 6.07) is 12.3. The van der Waals surface area contributed by atoms with Crippen LogP contribution in [0.3, 0.4) is 0 Å². The van der Waals surface area contributed by atoms with Crippen LogP contribution >= 0.6 is 0 Å². The van der Waals surface area contributed by atoms with Gasteiger partial charge in [0.1, 0.15) is 17.9 Å². The molecule has 0 saturated carbocycles. The number of halogens is 3. The van der Waals surface area contributed by atoms with Crippen LogP contribution in [0.5, 0.6) is 5.75 Å². The van der Waals surface area contributed by atoms with Crippen molar-refractivity contribution >= 4 is 5.95 Å². The number of para-hydroxylation sites is 1. The van der Waals surface area contributed by atoms with E-state index in [1.807, 2.05) is 0 Å². The summed E-state index contributed by atoms with van der Waals surface area (Å²) in [6.45, 7) is -2.92. The second-order valence-electron chi connectivity index (χ2n) is 5.94. The Morgan fingerprint density at radius 2 is 1.88 bits per heavy atom. The third-order valence-electron chi connectivity index (χ3n) is 4.40. The molecule has 1 aliphatic rings. The molecule has 26 heavy (non-hydrogen) atoms. The molecule has 1 aromatic heterocycles. The number of rotatable bonds is 4. The third-order valence-corrected chi connectivity index (χ3v) is 4.40. The Morgan fingerprint density at radius 3 is 2.65 bits per heavy atom. The molecule has 1 aliphatic heterocycles. The average Bonchev–Trinajstić information content (AvgIpc) is 3.10. The molecule has 2 aromatic carbocycles. The first-order valence-corrected chi connectivity index (χ1v) is 8.07. The minimum atomic E-state index is -2.92. The number of hydrogen-bond donors (Lipinski definition) is 1. The molecule has 0 fully saturated rings. The summed E-state index contributed by atoms with van der Waals surface area (Å²) >= 11 is 0. The van der Waals surface area contributed by atoms with Crippen LogP contribution < -0.4 is 10.1 Å². The van der Waals surface area contributed by atoms with Gasteiger partial charge in [-0.25, -0.2) is 9.07 Å². The normalized spacial score (nSPS) is 19.1. The van der Waals surface area contributed by atoms with Gasteiger partial charge < -0.3 is 10.1 Å². The quantitative estimate of drug-likeness (QED) is 0.759. The van der Waals surface area contributed by atoms with E-state index in [4.69, 9.17) is 0 Å². The topological polar surface area (TPSA) is 52.0 Å². The van der Waals surface area contributed by atoms with Crippen molar-refractivity contribution in [2.75, 3.05) is 5.32 Å². The number of fused-ring (bicyclic) bond motifs is 1. The van der Waals surface area contributed by atoms with Gasteiger partial charge >= 0.3 is 6.61 Å². The zero-order valence-electron chi connectivity index (χ0n) is 13.5. The van der Waals surface area contributed by atoms with E-state index < -0.39 is 6.61 Å². The van der Waals surface area contributed by atoms with E-state index >= 15 is 0 Å². The van der Waals surface area contributed by atoms with Crippen LogP contribution in [0.1, 0.15) is 29.6 Å². The van der Waals surface area contributed by atoms with Crippen LogP contribution in [-0.2, 0) is 0 Å². The Bertz CT molecular complexity index is 897. The van der Waals surface area contributed by atoms with Gasteiger partial charge in [-0.15, -0.1) is 0 Å². The van der Waals surface area contributed by atoms with Crippen molar-refractivity contribution in [2.45, 2.75) is 25.1 Å². The number of anilines is 1. The van der Waals surface area contributed by atoms with E-state index in [1.165, 1.54) is 24.5 Å². The van der Waals surface area contributed by atoms with Crippen LogP contribution in [0, 0.1) is 5.82 Å². The lowest BCUT2D eigenvalue weighted by atomic mass is 9.93. The smallest absolute Gasteiger partial charge is 0.387 e. The molecule has 1 N–H and O–H groups in total. The summed E-state index contributed by atoms with van der Waals surface area (Å²) in [5.41, 5.74) is 1.46. The fourth-order valence-electron chi connectivity index (χ4n) is 3.25. The highest BCUT2D eigenvalue weighted by Gasteiger charge is 2.32. The van der Waals surface area contributed by atoms with Crippen molar-refractivity contribution in [2.24, 2.45) is 0 Å². The Kier molecular flexibility index (Phi) is 4.24. The fourth-order valence-corrected chi connectivity index (χ4v) is 3.25. The molecule has 0 unspecified atom stereocenters. The summed E-state index contributed by atoms with van der Waals surface area (Å²) in [5.74, 6) is 0.302. The predicted octanol–water partition coefficient (Wildman–Crippen LogP) is 4.16. The minimum absolute atomic E-state index is 0.105. The third kappa shape index (κ3) is 3.10. The predicted molar refractivity (Wildman–Crippen MR) is 88.6 cm³/mol. The molecule has 0 radical (unpaired) electrons. The monoisotopic (exact) mass is 360 g/mol. The maximum atomic E-state index is 13.2. The van der Waals surface area contributed by atoms with Gasteiger partial charge in [-0.2, -0.15) is 18.9 Å². The van der Waals surface area contributed by atoms with Gasteiger partial charge in [0.25, 0.3) is 0 Å². The van der Waals surface area contributed by atoms with Crippen LogP contribution in [0.15, 0.2) is 54.9 Å². The van der Waals surface area contributed by atoms with Gasteiger partial charge in [-0.1, -0.05) is 30.3 Å². The Hall–Kier alpha value is -3.03. The molecule has 2 heterocycles. The largest absolute Gasteiger partial charge is 0.434 e. The summed E-state index contributed by atoms with van der Waals surface area (Å²) in [7, 11) is 0. The zero-order chi connectivity index (χ0) is 18.1. The molecule has 0 saturated heterocycles. The molecule has 0 amide bonds. The van der Waals surface area contributed by atoms with Crippen molar-refractivity contribution < 1.29 is 17.9 Å². The summed E-state index contributed by atoms with van der Waals surface area (Å²) in [6.07, 6.45) is 1.92. The van der Waals surface area contributed by atoms with Crippen molar-refractivity contribution in [1.29, 1.82) is 0 Å². The summed E-state index contributed by atoms with van der Waals surface area (Å²) in [4.78, 5) is 4.19. The Balaban J connectivity index is 1.73. The van der Waals surface area contributed by atoms with E-state index in [0.717, 1.165) is 5.56 Å². The van der Waals surface area contributed by atoms with Gasteiger partial charge in [0.05, 0.1) is 12.1 Å². The lowest BCUT2D eigenvalue weighted by molar-refractivity contribution is -0.0507. The number of ether oxygens (including phenoxy) is 1. The van der Waals surface area contributed by atoms with Gasteiger partial charge in [-0.3, -0.25) is 0 Å². The average molecular weight is 360 g/mol. The Labute approximate surface area is 147 Å². The second kappa shape index (κ2) is 6.70. The maximum absolute atomic E-state index is 13.2.